The number of thiophene rings is 1. The van der Waals surface area contributed by atoms with Crippen LogP contribution in [-0.4, -0.2) is 32.5 Å². The zero-order chi connectivity index (χ0) is 22.5. The van der Waals surface area contributed by atoms with Gasteiger partial charge in [0.25, 0.3) is 5.91 Å². The fraction of sp³-hybridized carbons (Fsp3) is 0.0800. The first-order valence-electron chi connectivity index (χ1n) is 10.4. The maximum absolute atomic E-state index is 13.2. The number of fused-ring (bicyclic) bond motifs is 2. The van der Waals surface area contributed by atoms with Crippen LogP contribution >= 0.6 is 11.3 Å². The van der Waals surface area contributed by atoms with Crippen LogP contribution in [0.5, 0.6) is 0 Å². The molecule has 0 aliphatic carbocycles. The van der Waals surface area contributed by atoms with Crippen molar-refractivity contribution < 1.29 is 9.21 Å². The fourth-order valence-corrected chi connectivity index (χ4v) is 5.11. The predicted octanol–water partition coefficient (Wildman–Crippen LogP) is 5.20. The summed E-state index contributed by atoms with van der Waals surface area (Å²) in [6.45, 7) is 4.79. The number of nitrogens with one attached hydrogen (secondary N) is 1. The van der Waals surface area contributed by atoms with E-state index in [-0.39, 0.29) is 5.91 Å². The maximum Gasteiger partial charge on any atom is 0.256 e. The van der Waals surface area contributed by atoms with Crippen LogP contribution in [-0.2, 0) is 6.54 Å². The third-order valence-electron chi connectivity index (χ3n) is 5.94. The van der Waals surface area contributed by atoms with Gasteiger partial charge in [-0.2, -0.15) is 5.10 Å². The van der Waals surface area contributed by atoms with E-state index in [1.165, 1.54) is 6.26 Å². The summed E-state index contributed by atoms with van der Waals surface area (Å²) in [4.78, 5) is 20.2. The first-order chi connectivity index (χ1) is 16.1. The highest BCUT2D eigenvalue weighted by Gasteiger charge is 2.32. The number of hydrogen-bond acceptors (Lipinski definition) is 6. The number of anilines is 1. The summed E-state index contributed by atoms with van der Waals surface area (Å²) < 4.78 is 5.33. The van der Waals surface area contributed by atoms with E-state index in [1.54, 1.807) is 28.5 Å². The SMILES string of the molecule is C=C(CN1Cc2c(-c3ccc4[nH]nc(-c5cccs5)c4c3)ccc(N)c2C1=O)c1ncco1. The number of nitrogens with zero attached hydrogens (tertiary/aromatic N) is 3. The lowest BCUT2D eigenvalue weighted by molar-refractivity contribution is 0.0799. The molecule has 1 aliphatic rings. The van der Waals surface area contributed by atoms with E-state index in [9.17, 15) is 4.79 Å². The minimum absolute atomic E-state index is 0.110. The van der Waals surface area contributed by atoms with E-state index in [1.807, 2.05) is 29.6 Å². The van der Waals surface area contributed by atoms with Crippen molar-refractivity contribution in [3.8, 4) is 21.7 Å². The first kappa shape index (κ1) is 19.5. The van der Waals surface area contributed by atoms with Gasteiger partial charge in [0, 0.05) is 23.2 Å². The summed E-state index contributed by atoms with van der Waals surface area (Å²) in [6.07, 6.45) is 3.06. The van der Waals surface area contributed by atoms with Crippen LogP contribution in [0, 0.1) is 0 Å². The highest BCUT2D eigenvalue weighted by molar-refractivity contribution is 7.13. The average Bonchev–Trinajstić information content (AvgIpc) is 3.61. The molecule has 5 aromatic rings. The highest BCUT2D eigenvalue weighted by atomic mass is 32.1. The smallest absolute Gasteiger partial charge is 0.256 e. The molecule has 0 bridgehead atoms. The van der Waals surface area contributed by atoms with E-state index >= 15 is 0 Å². The lowest BCUT2D eigenvalue weighted by atomic mass is 9.94. The van der Waals surface area contributed by atoms with Gasteiger partial charge in [-0.05, 0) is 46.3 Å². The Bertz CT molecular complexity index is 1520. The van der Waals surface area contributed by atoms with Gasteiger partial charge in [0.05, 0.1) is 28.7 Å². The van der Waals surface area contributed by atoms with Crippen molar-refractivity contribution >= 4 is 39.4 Å². The molecular formula is C25H19N5O2S. The summed E-state index contributed by atoms with van der Waals surface area (Å²) in [5.41, 5.74) is 12.7. The minimum Gasteiger partial charge on any atom is -0.445 e. The Morgan fingerprint density at radius 1 is 1.27 bits per heavy atom. The largest absolute Gasteiger partial charge is 0.445 e. The predicted molar refractivity (Wildman–Crippen MR) is 130 cm³/mol. The summed E-state index contributed by atoms with van der Waals surface area (Å²) in [5, 5.41) is 10.7. The number of carbonyl (C=O) groups excluding carboxylic acids is 1. The number of benzene rings is 2. The second-order valence-corrected chi connectivity index (χ2v) is 8.92. The summed E-state index contributed by atoms with van der Waals surface area (Å²) in [7, 11) is 0. The second kappa shape index (κ2) is 7.46. The molecule has 3 N–H and O–H groups in total. The van der Waals surface area contributed by atoms with Crippen molar-refractivity contribution in [2.24, 2.45) is 0 Å². The Morgan fingerprint density at radius 3 is 2.97 bits per heavy atom. The Labute approximate surface area is 193 Å². The molecule has 1 amide bonds. The van der Waals surface area contributed by atoms with Crippen LogP contribution in [0.15, 0.2) is 71.3 Å². The number of oxazole rings is 1. The average molecular weight is 454 g/mol. The number of amides is 1. The van der Waals surface area contributed by atoms with Crippen LogP contribution in [0.1, 0.15) is 21.8 Å². The fourth-order valence-electron chi connectivity index (χ4n) is 4.38. The Kier molecular flexibility index (Phi) is 4.41. The van der Waals surface area contributed by atoms with Gasteiger partial charge in [0.1, 0.15) is 12.0 Å². The molecular weight excluding hydrogens is 434 g/mol. The zero-order valence-electron chi connectivity index (χ0n) is 17.5. The third-order valence-corrected chi connectivity index (χ3v) is 6.82. The molecule has 6 rings (SSSR count). The van der Waals surface area contributed by atoms with Crippen LogP contribution in [0.25, 0.3) is 38.2 Å². The molecule has 2 aromatic carbocycles. The van der Waals surface area contributed by atoms with Gasteiger partial charge < -0.3 is 15.1 Å². The molecule has 0 unspecified atom stereocenters. The number of nitrogen functional groups attached to an aromatic ring is 1. The molecule has 0 saturated heterocycles. The highest BCUT2D eigenvalue weighted by Crippen LogP contribution is 2.39. The molecule has 3 aromatic heterocycles. The van der Waals surface area contributed by atoms with Crippen LogP contribution in [0.3, 0.4) is 0 Å². The van der Waals surface area contributed by atoms with Crippen molar-refractivity contribution in [1.29, 1.82) is 0 Å². The number of aromatic nitrogens is 3. The zero-order valence-corrected chi connectivity index (χ0v) is 18.4. The normalized spacial score (nSPS) is 13.1. The Hall–Kier alpha value is -4.17. The molecule has 162 valence electrons. The van der Waals surface area contributed by atoms with Gasteiger partial charge in [0.2, 0.25) is 5.89 Å². The van der Waals surface area contributed by atoms with Gasteiger partial charge in [0.15, 0.2) is 0 Å². The lowest BCUT2D eigenvalue weighted by Gasteiger charge is -2.16. The standard InChI is InChI=1S/C25H19N5O2S/c1-14(24-27-8-9-32-24)12-30-13-18-16(5-6-19(26)22(18)25(30)31)15-4-7-20-17(11-15)23(29-28-20)21-3-2-10-33-21/h2-11H,1,12-13,26H2,(H,28,29). The quantitative estimate of drug-likeness (QED) is 0.356. The number of H-pyrrole nitrogens is 1. The summed E-state index contributed by atoms with van der Waals surface area (Å²) >= 11 is 1.65. The van der Waals surface area contributed by atoms with Gasteiger partial charge in [-0.3, -0.25) is 9.89 Å². The van der Waals surface area contributed by atoms with Crippen molar-refractivity contribution in [3.63, 3.8) is 0 Å². The van der Waals surface area contributed by atoms with Gasteiger partial charge in [-0.1, -0.05) is 24.8 Å². The van der Waals surface area contributed by atoms with E-state index < -0.39 is 0 Å². The monoisotopic (exact) mass is 453 g/mol. The van der Waals surface area contributed by atoms with E-state index in [2.05, 4.69) is 33.9 Å². The molecule has 0 radical (unpaired) electrons. The number of nitrogens with two attached hydrogens (primary N) is 1. The minimum atomic E-state index is -0.110. The Morgan fingerprint density at radius 2 is 2.18 bits per heavy atom. The van der Waals surface area contributed by atoms with Crippen LogP contribution in [0.4, 0.5) is 5.69 Å². The van der Waals surface area contributed by atoms with E-state index in [0.717, 1.165) is 38.2 Å². The number of aromatic amines is 1. The van der Waals surface area contributed by atoms with Crippen molar-refractivity contribution in [1.82, 2.24) is 20.1 Å². The molecule has 7 nitrogen and oxygen atoms in total. The van der Waals surface area contributed by atoms with E-state index in [0.29, 0.717) is 35.8 Å². The van der Waals surface area contributed by atoms with Crippen molar-refractivity contribution in [2.45, 2.75) is 6.54 Å². The van der Waals surface area contributed by atoms with Crippen LogP contribution < -0.4 is 5.73 Å². The molecule has 1 aliphatic heterocycles. The Balaban J connectivity index is 1.40. The van der Waals surface area contributed by atoms with Crippen molar-refractivity contribution in [3.05, 3.63) is 83.9 Å². The van der Waals surface area contributed by atoms with Gasteiger partial charge >= 0.3 is 0 Å². The number of hydrogen-bond donors (Lipinski definition) is 2. The van der Waals surface area contributed by atoms with E-state index in [4.69, 9.17) is 10.2 Å². The van der Waals surface area contributed by atoms with Crippen molar-refractivity contribution in [2.75, 3.05) is 12.3 Å². The number of carbonyl (C=O) groups is 1. The van der Waals surface area contributed by atoms with Gasteiger partial charge in [-0.15, -0.1) is 11.3 Å². The molecule has 33 heavy (non-hydrogen) atoms. The topological polar surface area (TPSA) is 101 Å². The molecule has 8 heteroatoms. The second-order valence-electron chi connectivity index (χ2n) is 7.97. The third kappa shape index (κ3) is 3.15. The van der Waals surface area contributed by atoms with Gasteiger partial charge in [-0.25, -0.2) is 4.98 Å². The lowest BCUT2D eigenvalue weighted by Crippen LogP contribution is -2.26. The molecule has 0 spiro atoms. The summed E-state index contributed by atoms with van der Waals surface area (Å²) in [5.74, 6) is 0.319. The maximum atomic E-state index is 13.2. The summed E-state index contributed by atoms with van der Waals surface area (Å²) in [6, 6.07) is 14.1. The molecule has 0 atom stereocenters. The molecule has 4 heterocycles. The number of rotatable bonds is 5. The van der Waals surface area contributed by atoms with Crippen LogP contribution in [0.2, 0.25) is 0 Å². The molecule has 0 saturated carbocycles. The molecule has 0 fully saturated rings. The first-order valence-corrected chi connectivity index (χ1v) is 11.3.